The zero-order valence-corrected chi connectivity index (χ0v) is 12.9. The molecule has 1 atom stereocenters. The minimum absolute atomic E-state index is 0.184. The molecule has 4 aliphatic carbocycles. The Hall–Kier alpha value is -0.220. The van der Waals surface area contributed by atoms with Crippen LogP contribution in [0.3, 0.4) is 0 Å². The van der Waals surface area contributed by atoms with E-state index in [-0.39, 0.29) is 5.41 Å². The van der Waals surface area contributed by atoms with Gasteiger partial charge in [0, 0.05) is 24.3 Å². The summed E-state index contributed by atoms with van der Waals surface area (Å²) in [5.74, 6) is 3.57. The summed E-state index contributed by atoms with van der Waals surface area (Å²) in [6.07, 6.45) is 9.29. The third kappa shape index (κ3) is 1.45. The number of rotatable bonds is 1. The van der Waals surface area contributed by atoms with Crippen molar-refractivity contribution in [1.82, 2.24) is 4.90 Å². The van der Waals surface area contributed by atoms with Gasteiger partial charge in [0.1, 0.15) is 0 Å². The highest BCUT2D eigenvalue weighted by Gasteiger charge is 2.64. The maximum absolute atomic E-state index is 11.7. The largest absolute Gasteiger partial charge is 0.369 e. The van der Waals surface area contributed by atoms with Crippen LogP contribution in [0, 0.1) is 23.2 Å². The van der Waals surface area contributed by atoms with Gasteiger partial charge in [-0.1, -0.05) is 11.8 Å². The van der Waals surface area contributed by atoms with E-state index in [2.05, 4.69) is 9.89 Å². The summed E-state index contributed by atoms with van der Waals surface area (Å²) >= 11 is 1.81. The predicted octanol–water partition coefficient (Wildman–Crippen LogP) is 2.70. The summed E-state index contributed by atoms with van der Waals surface area (Å²) in [6, 6.07) is 0. The van der Waals surface area contributed by atoms with Crippen molar-refractivity contribution >= 4 is 16.9 Å². The average Bonchev–Trinajstić information content (AvgIpc) is 2.77. The van der Waals surface area contributed by atoms with Crippen LogP contribution < -0.4 is 0 Å². The van der Waals surface area contributed by atoms with Gasteiger partial charge in [-0.05, 0) is 62.7 Å². The van der Waals surface area contributed by atoms with E-state index in [1.165, 1.54) is 38.5 Å². The zero-order valence-electron chi connectivity index (χ0n) is 12.1. The van der Waals surface area contributed by atoms with Gasteiger partial charge in [0.25, 0.3) is 0 Å². The van der Waals surface area contributed by atoms with Crippen LogP contribution in [0.25, 0.3) is 0 Å². The molecule has 1 N–H and O–H groups in total. The van der Waals surface area contributed by atoms with Gasteiger partial charge in [0.15, 0.2) is 10.9 Å². The predicted molar refractivity (Wildman–Crippen MR) is 81.6 cm³/mol. The minimum atomic E-state index is -0.590. The lowest BCUT2D eigenvalue weighted by molar-refractivity contribution is -0.215. The third-order valence-corrected chi connectivity index (χ3v) is 7.91. The molecule has 110 valence electrons. The SMILES string of the molecule is OC1(C23CC4CC(CC(C4)C2)C3)CSC2=NCCCN21. The minimum Gasteiger partial charge on any atom is -0.369 e. The van der Waals surface area contributed by atoms with E-state index in [0.29, 0.717) is 0 Å². The lowest BCUT2D eigenvalue weighted by atomic mass is 9.47. The van der Waals surface area contributed by atoms with Gasteiger partial charge >= 0.3 is 0 Å². The van der Waals surface area contributed by atoms with Crippen LogP contribution >= 0.6 is 11.8 Å². The van der Waals surface area contributed by atoms with E-state index in [1.807, 2.05) is 11.8 Å². The fourth-order valence-corrected chi connectivity index (χ4v) is 7.71. The topological polar surface area (TPSA) is 35.8 Å². The normalized spacial score (nSPS) is 53.1. The summed E-state index contributed by atoms with van der Waals surface area (Å²) < 4.78 is 0. The van der Waals surface area contributed by atoms with Crippen molar-refractivity contribution in [3.05, 3.63) is 0 Å². The molecule has 0 aromatic heterocycles. The fourth-order valence-electron chi connectivity index (χ4n) is 6.33. The van der Waals surface area contributed by atoms with E-state index in [0.717, 1.165) is 48.2 Å². The first-order valence-electron chi connectivity index (χ1n) is 8.36. The van der Waals surface area contributed by atoms with Crippen LogP contribution in [0.15, 0.2) is 4.99 Å². The standard InChI is InChI=1S/C16H24N2OS/c19-16(10-20-14-17-2-1-3-18(14)16)15-7-11-4-12(8-15)6-13(5-11)9-15/h11-13,19H,1-10H2. The lowest BCUT2D eigenvalue weighted by Gasteiger charge is -2.62. The van der Waals surface area contributed by atoms with Crippen LogP contribution in [-0.2, 0) is 0 Å². The number of fused-ring (bicyclic) bond motifs is 1. The molecule has 6 aliphatic rings. The van der Waals surface area contributed by atoms with Gasteiger partial charge in [-0.25, -0.2) is 0 Å². The van der Waals surface area contributed by atoms with Crippen LogP contribution in [0.5, 0.6) is 0 Å². The van der Waals surface area contributed by atoms with Crippen molar-refractivity contribution < 1.29 is 5.11 Å². The molecule has 4 heteroatoms. The highest BCUT2D eigenvalue weighted by Crippen LogP contribution is 2.65. The van der Waals surface area contributed by atoms with Gasteiger partial charge in [-0.2, -0.15) is 0 Å². The van der Waals surface area contributed by atoms with Gasteiger partial charge in [0.2, 0.25) is 0 Å². The molecule has 20 heavy (non-hydrogen) atoms. The summed E-state index contributed by atoms with van der Waals surface area (Å²) in [6.45, 7) is 1.97. The van der Waals surface area contributed by atoms with Gasteiger partial charge in [0.05, 0.1) is 0 Å². The van der Waals surface area contributed by atoms with Crippen LogP contribution in [0.4, 0.5) is 0 Å². The molecule has 3 nitrogen and oxygen atoms in total. The Morgan fingerprint density at radius 1 is 1.10 bits per heavy atom. The Morgan fingerprint density at radius 2 is 1.75 bits per heavy atom. The molecule has 1 saturated heterocycles. The molecule has 0 radical (unpaired) electrons. The van der Waals surface area contributed by atoms with E-state index in [4.69, 9.17) is 0 Å². The number of amidine groups is 1. The molecule has 0 aromatic rings. The first-order valence-corrected chi connectivity index (χ1v) is 9.34. The quantitative estimate of drug-likeness (QED) is 0.807. The Kier molecular flexibility index (Phi) is 2.44. The molecule has 4 saturated carbocycles. The van der Waals surface area contributed by atoms with Crippen molar-refractivity contribution in [2.45, 2.75) is 50.7 Å². The molecule has 4 bridgehead atoms. The molecule has 5 fully saturated rings. The van der Waals surface area contributed by atoms with Crippen molar-refractivity contribution in [1.29, 1.82) is 0 Å². The Bertz CT molecular complexity index is 442. The molecule has 2 heterocycles. The van der Waals surface area contributed by atoms with Gasteiger partial charge in [-0.3, -0.25) is 4.99 Å². The second-order valence-electron chi connectivity index (χ2n) is 7.97. The average molecular weight is 292 g/mol. The first kappa shape index (κ1) is 12.3. The van der Waals surface area contributed by atoms with Crippen molar-refractivity contribution in [2.24, 2.45) is 28.2 Å². The molecule has 0 spiro atoms. The van der Waals surface area contributed by atoms with E-state index >= 15 is 0 Å². The number of hydrogen-bond acceptors (Lipinski definition) is 4. The molecule has 2 aliphatic heterocycles. The molecule has 6 rings (SSSR count). The molecular formula is C16H24N2OS. The fraction of sp³-hybridized carbons (Fsp3) is 0.938. The number of aliphatic hydroxyl groups is 1. The molecule has 0 aromatic carbocycles. The van der Waals surface area contributed by atoms with E-state index < -0.39 is 5.72 Å². The highest BCUT2D eigenvalue weighted by molar-refractivity contribution is 8.14. The summed E-state index contributed by atoms with van der Waals surface area (Å²) in [7, 11) is 0. The van der Waals surface area contributed by atoms with Crippen molar-refractivity contribution in [3.63, 3.8) is 0 Å². The maximum Gasteiger partial charge on any atom is 0.161 e. The number of thioether (sulfide) groups is 1. The van der Waals surface area contributed by atoms with Crippen LogP contribution in [0.2, 0.25) is 0 Å². The van der Waals surface area contributed by atoms with Gasteiger partial charge < -0.3 is 10.0 Å². The van der Waals surface area contributed by atoms with Crippen molar-refractivity contribution in [2.75, 3.05) is 18.8 Å². The smallest absolute Gasteiger partial charge is 0.161 e. The summed E-state index contributed by atoms with van der Waals surface area (Å²) in [5, 5.41) is 12.8. The highest BCUT2D eigenvalue weighted by atomic mass is 32.2. The van der Waals surface area contributed by atoms with Crippen LogP contribution in [0.1, 0.15) is 44.9 Å². The monoisotopic (exact) mass is 292 g/mol. The molecule has 0 amide bonds. The van der Waals surface area contributed by atoms with Gasteiger partial charge in [-0.15, -0.1) is 0 Å². The first-order chi connectivity index (χ1) is 9.69. The third-order valence-electron chi connectivity index (χ3n) is 6.75. The zero-order chi connectivity index (χ0) is 13.4. The van der Waals surface area contributed by atoms with E-state index in [1.54, 1.807) is 0 Å². The Morgan fingerprint density at radius 3 is 2.40 bits per heavy atom. The Balaban J connectivity index is 1.55. The molecule has 1 unspecified atom stereocenters. The second-order valence-corrected chi connectivity index (χ2v) is 8.92. The number of hydrogen-bond donors (Lipinski definition) is 1. The number of aliphatic imine (C=N–C) groups is 1. The summed E-state index contributed by atoms with van der Waals surface area (Å²) in [5.41, 5.74) is -0.406. The Labute approximate surface area is 125 Å². The van der Waals surface area contributed by atoms with Crippen molar-refractivity contribution in [3.8, 4) is 0 Å². The maximum atomic E-state index is 11.7. The van der Waals surface area contributed by atoms with Crippen LogP contribution in [-0.4, -0.2) is 39.7 Å². The number of nitrogens with zero attached hydrogens (tertiary/aromatic N) is 2. The lowest BCUT2D eigenvalue weighted by Crippen LogP contribution is -2.65. The second kappa shape index (κ2) is 3.95. The van der Waals surface area contributed by atoms with E-state index in [9.17, 15) is 5.11 Å². The molecular weight excluding hydrogens is 268 g/mol. The summed E-state index contributed by atoms with van der Waals surface area (Å²) in [4.78, 5) is 6.96.